The van der Waals surface area contributed by atoms with Crippen molar-refractivity contribution in [1.82, 2.24) is 4.98 Å². The van der Waals surface area contributed by atoms with E-state index in [1.807, 2.05) is 12.3 Å². The summed E-state index contributed by atoms with van der Waals surface area (Å²) >= 11 is 0. The van der Waals surface area contributed by atoms with E-state index < -0.39 is 0 Å². The first-order valence-corrected chi connectivity index (χ1v) is 5.96. The van der Waals surface area contributed by atoms with Crippen LogP contribution in [0.15, 0.2) is 18.3 Å². The second kappa shape index (κ2) is 5.10. The number of carbonyl (C=O) groups excluding carboxylic acids is 1. The fourth-order valence-electron chi connectivity index (χ4n) is 2.05. The van der Waals surface area contributed by atoms with E-state index in [-0.39, 0.29) is 0 Å². The maximum atomic E-state index is 10.4. The molecule has 1 fully saturated rings. The molecule has 0 aliphatic heterocycles. The second-order valence-electron chi connectivity index (χ2n) is 4.52. The van der Waals surface area contributed by atoms with Gasteiger partial charge in [0.2, 0.25) is 0 Å². The summed E-state index contributed by atoms with van der Waals surface area (Å²) in [6, 6.07) is 4.12. The molecule has 1 heterocycles. The van der Waals surface area contributed by atoms with Gasteiger partial charge in [-0.05, 0) is 36.8 Å². The van der Waals surface area contributed by atoms with Gasteiger partial charge in [-0.15, -0.1) is 0 Å². The van der Waals surface area contributed by atoms with Gasteiger partial charge in [-0.2, -0.15) is 0 Å². The average Bonchev–Trinajstić information content (AvgIpc) is 2.28. The summed E-state index contributed by atoms with van der Waals surface area (Å²) in [4.78, 5) is 14.8. The second-order valence-corrected chi connectivity index (χ2v) is 4.52. The number of anilines is 1. The standard InChI is InChI=1S/C13H18N2O/c1-2-10-3-4-13(14-7-10)15-8-11-5-12(6-11)9-16/h3-4,7,9,11-12H,2,5-6,8H2,1H3,(H,14,15). The van der Waals surface area contributed by atoms with Crippen LogP contribution in [0.3, 0.4) is 0 Å². The predicted octanol–water partition coefficient (Wildman–Crippen LogP) is 2.28. The van der Waals surface area contributed by atoms with Gasteiger partial charge in [0.1, 0.15) is 12.1 Å². The lowest BCUT2D eigenvalue weighted by molar-refractivity contribution is -0.114. The van der Waals surface area contributed by atoms with E-state index in [2.05, 4.69) is 23.3 Å². The largest absolute Gasteiger partial charge is 0.370 e. The molecule has 0 bridgehead atoms. The van der Waals surface area contributed by atoms with E-state index >= 15 is 0 Å². The lowest BCUT2D eigenvalue weighted by atomic mass is 9.76. The number of nitrogens with zero attached hydrogens (tertiary/aromatic N) is 1. The Balaban J connectivity index is 1.75. The molecule has 0 aromatic carbocycles. The molecule has 1 saturated carbocycles. The maximum absolute atomic E-state index is 10.4. The monoisotopic (exact) mass is 218 g/mol. The molecule has 1 aliphatic carbocycles. The van der Waals surface area contributed by atoms with Gasteiger partial charge in [0.15, 0.2) is 0 Å². The molecular formula is C13H18N2O. The Labute approximate surface area is 96.3 Å². The first-order chi connectivity index (χ1) is 7.81. The third kappa shape index (κ3) is 2.60. The van der Waals surface area contributed by atoms with Crippen LogP contribution in [0.2, 0.25) is 0 Å². The van der Waals surface area contributed by atoms with Crippen LogP contribution in [0.25, 0.3) is 0 Å². The third-order valence-corrected chi connectivity index (χ3v) is 3.27. The van der Waals surface area contributed by atoms with E-state index in [0.29, 0.717) is 11.8 Å². The summed E-state index contributed by atoms with van der Waals surface area (Å²) in [5.41, 5.74) is 1.26. The fraction of sp³-hybridized carbons (Fsp3) is 0.538. The lowest BCUT2D eigenvalue weighted by Crippen LogP contribution is -2.30. The Bertz CT molecular complexity index is 341. The van der Waals surface area contributed by atoms with Crippen molar-refractivity contribution in [3.8, 4) is 0 Å². The highest BCUT2D eigenvalue weighted by molar-refractivity contribution is 5.55. The molecule has 1 aromatic heterocycles. The first-order valence-electron chi connectivity index (χ1n) is 5.96. The van der Waals surface area contributed by atoms with Gasteiger partial charge < -0.3 is 10.1 Å². The zero-order valence-electron chi connectivity index (χ0n) is 9.65. The number of aldehydes is 1. The smallest absolute Gasteiger partial charge is 0.125 e. The summed E-state index contributed by atoms with van der Waals surface area (Å²) in [5, 5.41) is 3.32. The molecule has 0 radical (unpaired) electrons. The Hall–Kier alpha value is -1.38. The summed E-state index contributed by atoms with van der Waals surface area (Å²) < 4.78 is 0. The highest BCUT2D eigenvalue weighted by atomic mass is 16.1. The molecule has 0 unspecified atom stereocenters. The van der Waals surface area contributed by atoms with Crippen molar-refractivity contribution in [3.63, 3.8) is 0 Å². The zero-order valence-corrected chi connectivity index (χ0v) is 9.65. The molecular weight excluding hydrogens is 200 g/mol. The minimum Gasteiger partial charge on any atom is -0.370 e. The van der Waals surface area contributed by atoms with E-state index in [9.17, 15) is 4.79 Å². The molecule has 86 valence electrons. The molecule has 2 rings (SSSR count). The topological polar surface area (TPSA) is 42.0 Å². The number of carbonyl (C=O) groups is 1. The zero-order chi connectivity index (χ0) is 11.4. The minimum absolute atomic E-state index is 0.308. The van der Waals surface area contributed by atoms with Gasteiger partial charge in [0.05, 0.1) is 0 Å². The Kier molecular flexibility index (Phi) is 3.54. The quantitative estimate of drug-likeness (QED) is 0.771. The van der Waals surface area contributed by atoms with Crippen molar-refractivity contribution in [1.29, 1.82) is 0 Å². The molecule has 1 N–H and O–H groups in total. The number of pyridine rings is 1. The summed E-state index contributed by atoms with van der Waals surface area (Å²) in [6.45, 7) is 3.06. The highest BCUT2D eigenvalue weighted by Crippen LogP contribution is 2.31. The Morgan fingerprint density at radius 3 is 2.88 bits per heavy atom. The first kappa shape index (κ1) is 11.1. The molecule has 0 saturated heterocycles. The summed E-state index contributed by atoms with van der Waals surface area (Å²) in [6.07, 6.45) is 6.08. The van der Waals surface area contributed by atoms with E-state index in [0.717, 1.165) is 37.9 Å². The highest BCUT2D eigenvalue weighted by Gasteiger charge is 2.28. The summed E-state index contributed by atoms with van der Waals surface area (Å²) in [7, 11) is 0. The molecule has 0 amide bonds. The van der Waals surface area contributed by atoms with Gasteiger partial charge in [0.25, 0.3) is 0 Å². The van der Waals surface area contributed by atoms with Crippen LogP contribution in [0.5, 0.6) is 0 Å². The average molecular weight is 218 g/mol. The third-order valence-electron chi connectivity index (χ3n) is 3.27. The van der Waals surface area contributed by atoms with Crippen LogP contribution in [-0.4, -0.2) is 17.8 Å². The molecule has 0 atom stereocenters. The molecule has 3 nitrogen and oxygen atoms in total. The fourth-order valence-corrected chi connectivity index (χ4v) is 2.05. The van der Waals surface area contributed by atoms with Crippen molar-refractivity contribution >= 4 is 12.1 Å². The van der Waals surface area contributed by atoms with Gasteiger partial charge >= 0.3 is 0 Å². The van der Waals surface area contributed by atoms with Crippen LogP contribution >= 0.6 is 0 Å². The minimum atomic E-state index is 0.308. The predicted molar refractivity (Wildman–Crippen MR) is 64.4 cm³/mol. The molecule has 3 heteroatoms. The van der Waals surface area contributed by atoms with Crippen LogP contribution < -0.4 is 5.32 Å². The van der Waals surface area contributed by atoms with E-state index in [1.54, 1.807) is 0 Å². The van der Waals surface area contributed by atoms with Crippen molar-refractivity contribution in [2.75, 3.05) is 11.9 Å². The van der Waals surface area contributed by atoms with Crippen molar-refractivity contribution in [3.05, 3.63) is 23.9 Å². The van der Waals surface area contributed by atoms with Crippen molar-refractivity contribution < 1.29 is 4.79 Å². The number of aromatic nitrogens is 1. The van der Waals surface area contributed by atoms with Crippen molar-refractivity contribution in [2.24, 2.45) is 11.8 Å². The number of aryl methyl sites for hydroxylation is 1. The van der Waals surface area contributed by atoms with Crippen LogP contribution in [0.1, 0.15) is 25.3 Å². The van der Waals surface area contributed by atoms with Crippen molar-refractivity contribution in [2.45, 2.75) is 26.2 Å². The normalized spacial score (nSPS) is 23.6. The van der Waals surface area contributed by atoms with Crippen LogP contribution in [-0.2, 0) is 11.2 Å². The van der Waals surface area contributed by atoms with Gasteiger partial charge in [-0.3, -0.25) is 0 Å². The van der Waals surface area contributed by atoms with E-state index in [1.165, 1.54) is 5.56 Å². The van der Waals surface area contributed by atoms with Gasteiger partial charge in [0, 0.05) is 18.7 Å². The number of hydrogen-bond acceptors (Lipinski definition) is 3. The number of rotatable bonds is 5. The van der Waals surface area contributed by atoms with Crippen LogP contribution in [0.4, 0.5) is 5.82 Å². The van der Waals surface area contributed by atoms with Crippen LogP contribution in [0, 0.1) is 11.8 Å². The number of nitrogens with one attached hydrogen (secondary N) is 1. The maximum Gasteiger partial charge on any atom is 0.125 e. The molecule has 0 spiro atoms. The lowest BCUT2D eigenvalue weighted by Gasteiger charge is -2.31. The Morgan fingerprint density at radius 1 is 1.50 bits per heavy atom. The molecule has 16 heavy (non-hydrogen) atoms. The van der Waals surface area contributed by atoms with Gasteiger partial charge in [-0.25, -0.2) is 4.98 Å². The van der Waals surface area contributed by atoms with E-state index in [4.69, 9.17) is 0 Å². The summed E-state index contributed by atoms with van der Waals surface area (Å²) in [5.74, 6) is 1.89. The molecule has 1 aliphatic rings. The SMILES string of the molecule is CCc1ccc(NCC2CC(C=O)C2)nc1. The Morgan fingerprint density at radius 2 is 2.31 bits per heavy atom. The number of hydrogen-bond donors (Lipinski definition) is 1. The molecule has 1 aromatic rings. The van der Waals surface area contributed by atoms with Gasteiger partial charge in [-0.1, -0.05) is 13.0 Å².